The Morgan fingerprint density at radius 2 is 1.82 bits per heavy atom. The van der Waals surface area contributed by atoms with Crippen molar-refractivity contribution in [2.45, 2.75) is 32.4 Å². The largest absolute Gasteiger partial charge is 0.460 e. The summed E-state index contributed by atoms with van der Waals surface area (Å²) in [6, 6.07) is 19.6. The second-order valence-electron chi connectivity index (χ2n) is 7.92. The first-order chi connectivity index (χ1) is 16.0. The maximum Gasteiger partial charge on any atom is 0.341 e. The number of hydrogen-bond donors (Lipinski definition) is 1. The topological polar surface area (TPSA) is 80.7 Å². The van der Waals surface area contributed by atoms with Gasteiger partial charge in [0.05, 0.1) is 6.04 Å². The van der Waals surface area contributed by atoms with Crippen LogP contribution in [0.3, 0.4) is 0 Å². The average Bonchev–Trinajstić information content (AvgIpc) is 2.82. The lowest BCUT2D eigenvalue weighted by molar-refractivity contribution is -0.148. The number of esters is 1. The lowest BCUT2D eigenvalue weighted by atomic mass is 9.85. The molecule has 6 nitrogen and oxygen atoms in total. The number of aliphatic imine (C=N–C) groups is 1. The molecule has 0 saturated heterocycles. The minimum Gasteiger partial charge on any atom is -0.460 e. The standard InChI is InChI=1S/C26H24ClN3O3/c1-17-15-20(13-14-28-17)24-23(25(31)33-16-18-7-3-2-4-8-18)22(29-26(32)30-24)12-11-19-9-5-6-10-21(19)27/h2-10,13-15,23-24H,11-12,16H2,1H3,(H,30,32). The molecule has 0 bridgehead atoms. The van der Waals surface area contributed by atoms with Crippen molar-refractivity contribution in [1.29, 1.82) is 0 Å². The van der Waals surface area contributed by atoms with Gasteiger partial charge < -0.3 is 10.1 Å². The molecule has 2 heterocycles. The molecule has 7 heteroatoms. The number of halogens is 1. The number of rotatable bonds is 7. The van der Waals surface area contributed by atoms with Crippen molar-refractivity contribution in [3.8, 4) is 0 Å². The van der Waals surface area contributed by atoms with Crippen molar-refractivity contribution in [2.75, 3.05) is 0 Å². The highest BCUT2D eigenvalue weighted by atomic mass is 35.5. The van der Waals surface area contributed by atoms with E-state index in [2.05, 4.69) is 15.3 Å². The highest BCUT2D eigenvalue weighted by Crippen LogP contribution is 2.31. The summed E-state index contributed by atoms with van der Waals surface area (Å²) in [6.07, 6.45) is 2.62. The van der Waals surface area contributed by atoms with Gasteiger partial charge in [-0.2, -0.15) is 0 Å². The van der Waals surface area contributed by atoms with Crippen LogP contribution in [-0.2, 0) is 22.6 Å². The lowest BCUT2D eigenvalue weighted by Gasteiger charge is -2.31. The highest BCUT2D eigenvalue weighted by molar-refractivity contribution is 6.31. The van der Waals surface area contributed by atoms with Gasteiger partial charge in [-0.15, -0.1) is 0 Å². The molecule has 3 aromatic rings. The fourth-order valence-electron chi connectivity index (χ4n) is 3.94. The van der Waals surface area contributed by atoms with Gasteiger partial charge in [-0.3, -0.25) is 9.78 Å². The summed E-state index contributed by atoms with van der Waals surface area (Å²) < 4.78 is 5.68. The Bertz CT molecular complexity index is 1180. The van der Waals surface area contributed by atoms with Crippen LogP contribution in [0.2, 0.25) is 5.02 Å². The Balaban J connectivity index is 1.62. The van der Waals surface area contributed by atoms with Crippen molar-refractivity contribution >= 4 is 29.3 Å². The molecule has 0 saturated carbocycles. The number of ether oxygens (including phenoxy) is 1. The normalized spacial score (nSPS) is 17.8. The van der Waals surface area contributed by atoms with Crippen molar-refractivity contribution in [3.63, 3.8) is 0 Å². The number of pyridine rings is 1. The minimum absolute atomic E-state index is 0.143. The first-order valence-corrected chi connectivity index (χ1v) is 11.1. The van der Waals surface area contributed by atoms with Crippen molar-refractivity contribution in [3.05, 3.63) is 100 Å². The molecule has 0 spiro atoms. The zero-order valence-electron chi connectivity index (χ0n) is 18.2. The Hall–Kier alpha value is -3.51. The van der Waals surface area contributed by atoms with Crippen molar-refractivity contribution in [1.82, 2.24) is 10.3 Å². The predicted octanol–water partition coefficient (Wildman–Crippen LogP) is 5.24. The van der Waals surface area contributed by atoms with Gasteiger partial charge in [0.15, 0.2) is 0 Å². The van der Waals surface area contributed by atoms with Gasteiger partial charge >= 0.3 is 12.0 Å². The van der Waals surface area contributed by atoms with E-state index in [1.165, 1.54) is 0 Å². The zero-order chi connectivity index (χ0) is 23.2. The molecule has 168 valence electrons. The Labute approximate surface area is 197 Å². The Morgan fingerprint density at radius 3 is 2.58 bits per heavy atom. The third kappa shape index (κ3) is 5.65. The first kappa shape index (κ1) is 22.7. The molecule has 0 radical (unpaired) electrons. The summed E-state index contributed by atoms with van der Waals surface area (Å²) in [5.41, 5.74) is 3.87. The van der Waals surface area contributed by atoms with E-state index >= 15 is 0 Å². The molecule has 2 aromatic carbocycles. The van der Waals surface area contributed by atoms with Crippen molar-refractivity contribution in [2.24, 2.45) is 10.9 Å². The zero-order valence-corrected chi connectivity index (χ0v) is 19.0. The predicted molar refractivity (Wildman–Crippen MR) is 127 cm³/mol. The van der Waals surface area contributed by atoms with E-state index < -0.39 is 24.0 Å². The number of nitrogens with zero attached hydrogens (tertiary/aromatic N) is 2. The number of urea groups is 1. The molecule has 4 rings (SSSR count). The van der Waals surface area contributed by atoms with Crippen LogP contribution >= 0.6 is 11.6 Å². The van der Waals surface area contributed by atoms with Gasteiger partial charge in [0.1, 0.15) is 12.5 Å². The molecular formula is C26H24ClN3O3. The molecule has 33 heavy (non-hydrogen) atoms. The van der Waals surface area contributed by atoms with Gasteiger partial charge in [0, 0.05) is 22.6 Å². The van der Waals surface area contributed by atoms with Crippen LogP contribution in [-0.4, -0.2) is 22.7 Å². The maximum atomic E-state index is 13.3. The number of amides is 2. The maximum absolute atomic E-state index is 13.3. The summed E-state index contributed by atoms with van der Waals surface area (Å²) >= 11 is 6.31. The lowest BCUT2D eigenvalue weighted by Crippen LogP contribution is -2.45. The molecule has 2 atom stereocenters. The summed E-state index contributed by atoms with van der Waals surface area (Å²) in [4.78, 5) is 34.2. The fourth-order valence-corrected chi connectivity index (χ4v) is 4.17. The summed E-state index contributed by atoms with van der Waals surface area (Å²) in [7, 11) is 0. The molecule has 2 unspecified atom stereocenters. The molecular weight excluding hydrogens is 438 g/mol. The molecule has 2 amide bonds. The fraction of sp³-hybridized carbons (Fsp3) is 0.231. The molecule has 0 fully saturated rings. The number of aryl methyl sites for hydroxylation is 2. The number of aromatic nitrogens is 1. The number of benzene rings is 2. The van der Waals surface area contributed by atoms with E-state index in [1.54, 1.807) is 12.3 Å². The van der Waals surface area contributed by atoms with E-state index in [4.69, 9.17) is 16.3 Å². The van der Waals surface area contributed by atoms with E-state index in [0.29, 0.717) is 23.6 Å². The Kier molecular flexibility index (Phi) is 7.15. The van der Waals surface area contributed by atoms with Crippen molar-refractivity contribution < 1.29 is 14.3 Å². The minimum atomic E-state index is -0.754. The van der Waals surface area contributed by atoms with Crippen LogP contribution in [0.5, 0.6) is 0 Å². The molecule has 1 aliphatic rings. The van der Waals surface area contributed by atoms with Crippen LogP contribution < -0.4 is 5.32 Å². The quantitative estimate of drug-likeness (QED) is 0.488. The van der Waals surface area contributed by atoms with Gasteiger partial charge in [0.25, 0.3) is 0 Å². The number of carbonyl (C=O) groups is 2. The van der Waals surface area contributed by atoms with Gasteiger partial charge in [-0.25, -0.2) is 9.79 Å². The number of hydrogen-bond acceptors (Lipinski definition) is 4. The summed E-state index contributed by atoms with van der Waals surface area (Å²) in [6.45, 7) is 2.01. The summed E-state index contributed by atoms with van der Waals surface area (Å²) in [5.74, 6) is -1.19. The Morgan fingerprint density at radius 1 is 1.06 bits per heavy atom. The van der Waals surface area contributed by atoms with Gasteiger partial charge in [-0.1, -0.05) is 60.1 Å². The second kappa shape index (κ2) is 10.4. The van der Waals surface area contributed by atoms with Crippen LogP contribution in [0.4, 0.5) is 4.79 Å². The van der Waals surface area contributed by atoms with Crippen LogP contribution in [0, 0.1) is 12.8 Å². The smallest absolute Gasteiger partial charge is 0.341 e. The first-order valence-electron chi connectivity index (χ1n) is 10.8. The number of nitrogens with one attached hydrogen (secondary N) is 1. The van der Waals surface area contributed by atoms with Gasteiger partial charge in [-0.05, 0) is 54.7 Å². The van der Waals surface area contributed by atoms with E-state index in [-0.39, 0.29) is 6.61 Å². The molecule has 0 aliphatic carbocycles. The van der Waals surface area contributed by atoms with E-state index in [0.717, 1.165) is 22.4 Å². The second-order valence-corrected chi connectivity index (χ2v) is 8.33. The third-order valence-corrected chi connectivity index (χ3v) is 5.95. The summed E-state index contributed by atoms with van der Waals surface area (Å²) in [5, 5.41) is 3.49. The van der Waals surface area contributed by atoms with Gasteiger partial charge in [0.2, 0.25) is 0 Å². The van der Waals surface area contributed by atoms with Crippen LogP contribution in [0.25, 0.3) is 0 Å². The molecule has 1 N–H and O–H groups in total. The third-order valence-electron chi connectivity index (χ3n) is 5.58. The van der Waals surface area contributed by atoms with Crippen LogP contribution in [0.1, 0.15) is 34.8 Å². The SMILES string of the molecule is Cc1cc(C2NC(=O)N=C(CCc3ccccc3Cl)C2C(=O)OCc2ccccc2)ccn1. The van der Waals surface area contributed by atoms with E-state index in [1.807, 2.05) is 67.6 Å². The molecule has 1 aromatic heterocycles. The van der Waals surface area contributed by atoms with Crippen LogP contribution in [0.15, 0.2) is 77.9 Å². The van der Waals surface area contributed by atoms with E-state index in [9.17, 15) is 9.59 Å². The molecule has 1 aliphatic heterocycles. The number of carbonyl (C=O) groups excluding carboxylic acids is 2. The highest BCUT2D eigenvalue weighted by Gasteiger charge is 2.39. The average molecular weight is 462 g/mol. The monoisotopic (exact) mass is 461 g/mol.